The highest BCUT2D eigenvalue weighted by Gasteiger charge is 2.22. The molecule has 3 heteroatoms. The summed E-state index contributed by atoms with van der Waals surface area (Å²) in [5.74, 6) is 0. The van der Waals surface area contributed by atoms with Crippen LogP contribution in [0.4, 0.5) is 0 Å². The van der Waals surface area contributed by atoms with Gasteiger partial charge in [0.25, 0.3) is 0 Å². The summed E-state index contributed by atoms with van der Waals surface area (Å²) in [5, 5.41) is 0. The molecule has 19 heavy (non-hydrogen) atoms. The summed E-state index contributed by atoms with van der Waals surface area (Å²) in [5.41, 5.74) is 9.14. The van der Waals surface area contributed by atoms with Crippen LogP contribution in [0.1, 0.15) is 47.7 Å². The first-order valence-electron chi connectivity index (χ1n) is 6.41. The smallest absolute Gasteiger partial charge is 0.0649 e. The van der Waals surface area contributed by atoms with Gasteiger partial charge in [-0.25, -0.2) is 0 Å². The number of hydrogen-bond acceptors (Lipinski definition) is 2. The van der Waals surface area contributed by atoms with Crippen LogP contribution >= 0.6 is 27.3 Å². The van der Waals surface area contributed by atoms with Gasteiger partial charge in [-0.15, -0.1) is 11.3 Å². The molecule has 2 aromatic rings. The molecule has 0 spiro atoms. The van der Waals surface area contributed by atoms with Gasteiger partial charge in [0, 0.05) is 14.2 Å². The first-order chi connectivity index (χ1) is 8.80. The number of aryl methyl sites for hydroxylation is 1. The summed E-state index contributed by atoms with van der Waals surface area (Å²) in [6.07, 6.45) is 0. The van der Waals surface area contributed by atoms with E-state index in [9.17, 15) is 0 Å². The van der Waals surface area contributed by atoms with Crippen molar-refractivity contribution < 1.29 is 0 Å². The van der Waals surface area contributed by atoms with Gasteiger partial charge in [-0.1, -0.05) is 45.0 Å². The predicted molar refractivity (Wildman–Crippen MR) is 87.9 cm³/mol. The number of rotatable bonds is 2. The molecule has 1 aromatic heterocycles. The quantitative estimate of drug-likeness (QED) is 0.804. The maximum atomic E-state index is 6.49. The fraction of sp³-hybridized carbons (Fsp3) is 0.375. The van der Waals surface area contributed by atoms with Crippen LogP contribution in [0.5, 0.6) is 0 Å². The standard InChI is InChI=1S/C16H20BrNS/c1-10-13(17)9-14(19-10)15(18)11-7-5-6-8-12(11)16(2,3)4/h5-9,15H,18H2,1-4H3. The summed E-state index contributed by atoms with van der Waals surface area (Å²) in [4.78, 5) is 2.49. The van der Waals surface area contributed by atoms with Crippen LogP contribution in [0.2, 0.25) is 0 Å². The third-order valence-electron chi connectivity index (χ3n) is 3.29. The summed E-state index contributed by atoms with van der Waals surface area (Å²) in [6, 6.07) is 10.6. The maximum Gasteiger partial charge on any atom is 0.0649 e. The Balaban J connectivity index is 2.47. The zero-order valence-corrected chi connectivity index (χ0v) is 14.2. The van der Waals surface area contributed by atoms with Gasteiger partial charge in [-0.3, -0.25) is 0 Å². The van der Waals surface area contributed by atoms with Gasteiger partial charge in [0.15, 0.2) is 0 Å². The van der Waals surface area contributed by atoms with E-state index in [2.05, 4.69) is 74.0 Å². The highest BCUT2D eigenvalue weighted by atomic mass is 79.9. The van der Waals surface area contributed by atoms with E-state index in [0.29, 0.717) is 0 Å². The normalized spacial score (nSPS) is 13.6. The molecule has 2 N–H and O–H groups in total. The third-order valence-corrected chi connectivity index (χ3v) is 5.51. The lowest BCUT2D eigenvalue weighted by Gasteiger charge is -2.25. The maximum absolute atomic E-state index is 6.49. The van der Waals surface area contributed by atoms with Gasteiger partial charge in [0.2, 0.25) is 0 Å². The van der Waals surface area contributed by atoms with Crippen LogP contribution in [0.15, 0.2) is 34.8 Å². The van der Waals surface area contributed by atoms with Gasteiger partial charge >= 0.3 is 0 Å². The molecular weight excluding hydrogens is 318 g/mol. The highest BCUT2D eigenvalue weighted by molar-refractivity contribution is 9.10. The summed E-state index contributed by atoms with van der Waals surface area (Å²) >= 11 is 5.33. The van der Waals surface area contributed by atoms with Crippen molar-refractivity contribution in [2.75, 3.05) is 0 Å². The van der Waals surface area contributed by atoms with E-state index in [4.69, 9.17) is 5.73 Å². The minimum Gasteiger partial charge on any atom is -0.320 e. The monoisotopic (exact) mass is 337 g/mol. The molecule has 0 amide bonds. The van der Waals surface area contributed by atoms with E-state index in [0.717, 1.165) is 4.47 Å². The Bertz CT molecular complexity index is 561. The number of halogens is 1. The van der Waals surface area contributed by atoms with Crippen LogP contribution in [-0.2, 0) is 5.41 Å². The van der Waals surface area contributed by atoms with Crippen molar-refractivity contribution in [2.24, 2.45) is 5.73 Å². The largest absolute Gasteiger partial charge is 0.320 e. The van der Waals surface area contributed by atoms with Crippen molar-refractivity contribution >= 4 is 27.3 Å². The summed E-state index contributed by atoms with van der Waals surface area (Å²) < 4.78 is 1.15. The lowest BCUT2D eigenvalue weighted by molar-refractivity contribution is 0.578. The molecule has 0 bridgehead atoms. The summed E-state index contributed by atoms with van der Waals surface area (Å²) in [6.45, 7) is 8.80. The molecule has 1 unspecified atom stereocenters. The molecule has 0 radical (unpaired) electrons. The lowest BCUT2D eigenvalue weighted by Crippen LogP contribution is -2.20. The minimum absolute atomic E-state index is 0.0505. The van der Waals surface area contributed by atoms with Gasteiger partial charge in [0.05, 0.1) is 6.04 Å². The number of thiophene rings is 1. The van der Waals surface area contributed by atoms with Crippen LogP contribution in [0, 0.1) is 6.92 Å². The van der Waals surface area contributed by atoms with E-state index in [1.807, 2.05) is 0 Å². The van der Waals surface area contributed by atoms with E-state index >= 15 is 0 Å². The Morgan fingerprint density at radius 2 is 1.84 bits per heavy atom. The molecule has 0 fully saturated rings. The second-order valence-electron chi connectivity index (χ2n) is 5.87. The van der Waals surface area contributed by atoms with E-state index < -0.39 is 0 Å². The van der Waals surface area contributed by atoms with Crippen molar-refractivity contribution in [2.45, 2.75) is 39.2 Å². The number of nitrogens with two attached hydrogens (primary N) is 1. The Labute approximate surface area is 128 Å². The third kappa shape index (κ3) is 3.10. The Hall–Kier alpha value is -0.640. The Kier molecular flexibility index (Phi) is 4.19. The average molecular weight is 338 g/mol. The second kappa shape index (κ2) is 5.39. The van der Waals surface area contributed by atoms with Gasteiger partial charge in [0.1, 0.15) is 0 Å². The van der Waals surface area contributed by atoms with Crippen LogP contribution in [0.25, 0.3) is 0 Å². The second-order valence-corrected chi connectivity index (χ2v) is 8.01. The number of benzene rings is 1. The van der Waals surface area contributed by atoms with Crippen molar-refractivity contribution in [1.82, 2.24) is 0 Å². The summed E-state index contributed by atoms with van der Waals surface area (Å²) in [7, 11) is 0. The lowest BCUT2D eigenvalue weighted by atomic mass is 9.82. The zero-order chi connectivity index (χ0) is 14.2. The van der Waals surface area contributed by atoms with Gasteiger partial charge < -0.3 is 5.73 Å². The molecular formula is C16H20BrNS. The Morgan fingerprint density at radius 3 is 2.37 bits per heavy atom. The molecule has 1 heterocycles. The molecule has 0 aliphatic heterocycles. The predicted octanol–water partition coefficient (Wildman–Crippen LogP) is 5.16. The number of hydrogen-bond donors (Lipinski definition) is 1. The molecule has 1 aromatic carbocycles. The van der Waals surface area contributed by atoms with Gasteiger partial charge in [-0.2, -0.15) is 0 Å². The first-order valence-corrected chi connectivity index (χ1v) is 8.02. The average Bonchev–Trinajstić information content (AvgIpc) is 2.68. The zero-order valence-electron chi connectivity index (χ0n) is 11.8. The van der Waals surface area contributed by atoms with Gasteiger partial charge in [-0.05, 0) is 45.5 Å². The topological polar surface area (TPSA) is 26.0 Å². The Morgan fingerprint density at radius 1 is 1.21 bits per heavy atom. The highest BCUT2D eigenvalue weighted by Crippen LogP contribution is 2.36. The fourth-order valence-electron chi connectivity index (χ4n) is 2.24. The van der Waals surface area contributed by atoms with Crippen LogP contribution in [0.3, 0.4) is 0 Å². The van der Waals surface area contributed by atoms with Crippen molar-refractivity contribution in [1.29, 1.82) is 0 Å². The minimum atomic E-state index is -0.0505. The SMILES string of the molecule is Cc1sc(C(N)c2ccccc2C(C)(C)C)cc1Br. The molecule has 2 rings (SSSR count). The molecule has 1 atom stereocenters. The molecule has 0 saturated heterocycles. The van der Waals surface area contributed by atoms with Crippen LogP contribution in [-0.4, -0.2) is 0 Å². The van der Waals surface area contributed by atoms with Crippen molar-refractivity contribution in [3.8, 4) is 0 Å². The molecule has 102 valence electrons. The van der Waals surface area contributed by atoms with E-state index in [-0.39, 0.29) is 11.5 Å². The van der Waals surface area contributed by atoms with Crippen molar-refractivity contribution in [3.05, 3.63) is 55.7 Å². The molecule has 0 aliphatic rings. The molecule has 0 aliphatic carbocycles. The first kappa shape index (κ1) is 14.8. The molecule has 1 nitrogen and oxygen atoms in total. The molecule has 0 saturated carbocycles. The van der Waals surface area contributed by atoms with Crippen molar-refractivity contribution in [3.63, 3.8) is 0 Å². The van der Waals surface area contributed by atoms with E-state index in [1.165, 1.54) is 20.9 Å². The van der Waals surface area contributed by atoms with E-state index in [1.54, 1.807) is 11.3 Å². The van der Waals surface area contributed by atoms with Crippen LogP contribution < -0.4 is 5.73 Å². The fourth-order valence-corrected chi connectivity index (χ4v) is 3.82.